The quantitative estimate of drug-likeness (QED) is 0.321. The predicted octanol–water partition coefficient (Wildman–Crippen LogP) is 4.52. The fourth-order valence-corrected chi connectivity index (χ4v) is 3.77. The lowest BCUT2D eigenvalue weighted by Gasteiger charge is -2.34. The first-order chi connectivity index (χ1) is 17.0. The third kappa shape index (κ3) is 8.05. The van der Waals surface area contributed by atoms with Gasteiger partial charge in [-0.15, -0.1) is 6.58 Å². The molecule has 0 aliphatic carbocycles. The third-order valence-electron chi connectivity index (χ3n) is 5.18. The molecule has 0 radical (unpaired) electrons. The van der Waals surface area contributed by atoms with Gasteiger partial charge in [-0.05, 0) is 63.1 Å². The van der Waals surface area contributed by atoms with Crippen LogP contribution in [0.2, 0.25) is 0 Å². The van der Waals surface area contributed by atoms with E-state index in [1.54, 1.807) is 58.2 Å². The number of nitrogens with zero attached hydrogens (tertiary/aromatic N) is 1. The lowest BCUT2D eigenvalue weighted by molar-refractivity contribution is -0.139. The van der Waals surface area contributed by atoms with E-state index < -0.39 is 35.6 Å². The minimum Gasteiger partial charge on any atom is -0.497 e. The monoisotopic (exact) mass is 513 g/mol. The molecule has 0 heterocycles. The Balaban J connectivity index is 2.43. The van der Waals surface area contributed by atoms with E-state index in [0.717, 1.165) is 5.56 Å². The van der Waals surface area contributed by atoms with Crippen LogP contribution >= 0.6 is 12.6 Å². The maximum absolute atomic E-state index is 13.7. The Morgan fingerprint density at radius 2 is 1.75 bits per heavy atom. The summed E-state index contributed by atoms with van der Waals surface area (Å²) in [5.41, 5.74) is 1.28. The van der Waals surface area contributed by atoms with Crippen LogP contribution in [0.15, 0.2) is 61.2 Å². The summed E-state index contributed by atoms with van der Waals surface area (Å²) in [7, 11) is 1.56. The van der Waals surface area contributed by atoms with Crippen molar-refractivity contribution in [3.63, 3.8) is 0 Å². The molecule has 2 unspecified atom stereocenters. The van der Waals surface area contributed by atoms with Crippen LogP contribution in [0.3, 0.4) is 0 Å². The van der Waals surface area contributed by atoms with Gasteiger partial charge in [0.2, 0.25) is 5.91 Å². The summed E-state index contributed by atoms with van der Waals surface area (Å²) in [6.45, 7) is 10.9. The number of ether oxygens (including phenoxy) is 2. The second kappa shape index (κ2) is 13.0. The molecule has 194 valence electrons. The number of carbonyl (C=O) groups excluding carboxylic acids is 3. The van der Waals surface area contributed by atoms with E-state index >= 15 is 0 Å². The molecule has 2 aromatic rings. The molecule has 2 rings (SSSR count). The van der Waals surface area contributed by atoms with Crippen LogP contribution in [0.1, 0.15) is 37.9 Å². The molecule has 0 saturated heterocycles. The highest BCUT2D eigenvalue weighted by Gasteiger charge is 2.36. The van der Waals surface area contributed by atoms with Crippen molar-refractivity contribution in [1.82, 2.24) is 10.2 Å². The lowest BCUT2D eigenvalue weighted by Crippen LogP contribution is -2.53. The van der Waals surface area contributed by atoms with E-state index in [1.165, 1.54) is 11.0 Å². The van der Waals surface area contributed by atoms with Crippen molar-refractivity contribution < 1.29 is 23.9 Å². The molecule has 0 aromatic heterocycles. The Bertz CT molecular complexity index is 1070. The van der Waals surface area contributed by atoms with Crippen LogP contribution in [-0.4, -0.2) is 53.9 Å². The van der Waals surface area contributed by atoms with E-state index in [4.69, 9.17) is 9.47 Å². The topological polar surface area (TPSA) is 97.0 Å². The van der Waals surface area contributed by atoms with Gasteiger partial charge in [0.1, 0.15) is 23.4 Å². The zero-order chi connectivity index (χ0) is 26.9. The van der Waals surface area contributed by atoms with Crippen molar-refractivity contribution in [2.75, 3.05) is 24.7 Å². The van der Waals surface area contributed by atoms with Gasteiger partial charge in [0, 0.05) is 18.0 Å². The van der Waals surface area contributed by atoms with Crippen LogP contribution in [0, 0.1) is 6.92 Å². The summed E-state index contributed by atoms with van der Waals surface area (Å²) in [5, 5.41) is 5.46. The second-order valence-corrected chi connectivity index (χ2v) is 9.50. The Morgan fingerprint density at radius 1 is 1.11 bits per heavy atom. The van der Waals surface area contributed by atoms with Gasteiger partial charge >= 0.3 is 6.09 Å². The van der Waals surface area contributed by atoms with Crippen LogP contribution in [-0.2, 0) is 14.3 Å². The molecule has 2 aromatic carbocycles. The fraction of sp³-hybridized carbons (Fsp3) is 0.370. The van der Waals surface area contributed by atoms with Crippen LogP contribution in [0.5, 0.6) is 5.75 Å². The molecule has 36 heavy (non-hydrogen) atoms. The Morgan fingerprint density at radius 3 is 2.28 bits per heavy atom. The number of hydrogen-bond donors (Lipinski definition) is 3. The number of carbonyl (C=O) groups is 3. The Kier molecular flexibility index (Phi) is 10.4. The molecule has 8 nitrogen and oxygen atoms in total. The van der Waals surface area contributed by atoms with Gasteiger partial charge in [-0.2, -0.15) is 12.6 Å². The zero-order valence-electron chi connectivity index (χ0n) is 21.4. The van der Waals surface area contributed by atoms with Gasteiger partial charge < -0.3 is 25.0 Å². The molecular formula is C27H35N3O5S. The summed E-state index contributed by atoms with van der Waals surface area (Å²) in [4.78, 5) is 41.1. The number of nitrogens with one attached hydrogen (secondary N) is 2. The summed E-state index contributed by atoms with van der Waals surface area (Å²) >= 11 is 4.27. The fourth-order valence-electron chi connectivity index (χ4n) is 3.53. The number of anilines is 1. The van der Waals surface area contributed by atoms with Crippen molar-refractivity contribution in [2.45, 2.75) is 45.4 Å². The van der Waals surface area contributed by atoms with Gasteiger partial charge in [-0.25, -0.2) is 4.79 Å². The van der Waals surface area contributed by atoms with E-state index in [2.05, 4.69) is 29.8 Å². The maximum atomic E-state index is 13.7. The predicted molar refractivity (Wildman–Crippen MR) is 144 cm³/mol. The van der Waals surface area contributed by atoms with Crippen molar-refractivity contribution in [3.8, 4) is 5.75 Å². The molecule has 0 bridgehead atoms. The number of aryl methyl sites for hydroxylation is 1. The summed E-state index contributed by atoms with van der Waals surface area (Å²) in [6.07, 6.45) is 0.788. The highest BCUT2D eigenvalue weighted by molar-refractivity contribution is 7.80. The molecule has 0 saturated carbocycles. The average Bonchev–Trinajstić information content (AvgIpc) is 2.82. The standard InChI is InChI=1S/C27H35N3O5S/c1-7-16-30(25(32)22(17-36)29-26(33)35-27(3,4)5)23(21-11-9-8-10-18(21)2)24(31)28-19-12-14-20(34-6)15-13-19/h7-15,22-23,36H,1,16-17H2,2-6H3,(H,28,31)(H,29,33). The minimum atomic E-state index is -1.02. The molecule has 0 aliphatic rings. The van der Waals surface area contributed by atoms with E-state index in [0.29, 0.717) is 17.0 Å². The van der Waals surface area contributed by atoms with Gasteiger partial charge in [-0.1, -0.05) is 30.3 Å². The van der Waals surface area contributed by atoms with Crippen LogP contribution < -0.4 is 15.4 Å². The second-order valence-electron chi connectivity index (χ2n) is 9.14. The van der Waals surface area contributed by atoms with Gasteiger partial charge in [-0.3, -0.25) is 9.59 Å². The van der Waals surface area contributed by atoms with Crippen molar-refractivity contribution in [3.05, 3.63) is 72.3 Å². The molecule has 2 atom stereocenters. The van der Waals surface area contributed by atoms with Crippen LogP contribution in [0.4, 0.5) is 10.5 Å². The molecule has 0 fully saturated rings. The summed E-state index contributed by atoms with van der Waals surface area (Å²) in [6, 6.07) is 12.2. The largest absolute Gasteiger partial charge is 0.497 e. The molecule has 3 amide bonds. The molecular weight excluding hydrogens is 478 g/mol. The molecule has 0 aliphatic heterocycles. The molecule has 9 heteroatoms. The number of methoxy groups -OCH3 is 1. The van der Waals surface area contributed by atoms with Gasteiger partial charge in [0.05, 0.1) is 7.11 Å². The van der Waals surface area contributed by atoms with Gasteiger partial charge in [0.25, 0.3) is 5.91 Å². The SMILES string of the molecule is C=CCN(C(=O)C(CS)NC(=O)OC(C)(C)C)C(C(=O)Nc1ccc(OC)cc1)c1ccccc1C. The van der Waals surface area contributed by atoms with Crippen LogP contribution in [0.25, 0.3) is 0 Å². The first-order valence-electron chi connectivity index (χ1n) is 11.5. The number of benzene rings is 2. The summed E-state index contributed by atoms with van der Waals surface area (Å²) in [5.74, 6) is -0.253. The molecule has 0 spiro atoms. The Hall–Kier alpha value is -3.46. The van der Waals surface area contributed by atoms with E-state index in [-0.39, 0.29) is 12.3 Å². The lowest BCUT2D eigenvalue weighted by atomic mass is 9.98. The van der Waals surface area contributed by atoms with E-state index in [1.807, 2.05) is 25.1 Å². The first-order valence-corrected chi connectivity index (χ1v) is 12.2. The number of hydrogen-bond acceptors (Lipinski definition) is 6. The number of rotatable bonds is 10. The zero-order valence-corrected chi connectivity index (χ0v) is 22.3. The normalized spacial score (nSPS) is 12.6. The highest BCUT2D eigenvalue weighted by atomic mass is 32.1. The minimum absolute atomic E-state index is 0.00626. The van der Waals surface area contributed by atoms with Crippen molar-refractivity contribution in [2.24, 2.45) is 0 Å². The highest BCUT2D eigenvalue weighted by Crippen LogP contribution is 2.27. The first kappa shape index (κ1) is 28.8. The van der Waals surface area contributed by atoms with Crippen molar-refractivity contribution >= 4 is 36.2 Å². The number of thiol groups is 1. The van der Waals surface area contributed by atoms with Crippen molar-refractivity contribution in [1.29, 1.82) is 0 Å². The Labute approximate surface area is 218 Å². The molecule has 2 N–H and O–H groups in total. The average molecular weight is 514 g/mol. The number of alkyl carbamates (subject to hydrolysis) is 1. The smallest absolute Gasteiger partial charge is 0.408 e. The van der Waals surface area contributed by atoms with Gasteiger partial charge in [0.15, 0.2) is 0 Å². The number of amides is 3. The maximum Gasteiger partial charge on any atom is 0.408 e. The van der Waals surface area contributed by atoms with E-state index in [9.17, 15) is 14.4 Å². The summed E-state index contributed by atoms with van der Waals surface area (Å²) < 4.78 is 10.5. The third-order valence-corrected chi connectivity index (χ3v) is 5.55.